The zero-order valence-electron chi connectivity index (χ0n) is 14.1. The van der Waals surface area contributed by atoms with Gasteiger partial charge in [0, 0.05) is 17.3 Å². The van der Waals surface area contributed by atoms with Gasteiger partial charge in [-0.2, -0.15) is 0 Å². The van der Waals surface area contributed by atoms with Crippen molar-refractivity contribution in [1.29, 1.82) is 0 Å². The highest BCUT2D eigenvalue weighted by Gasteiger charge is 2.08. The topological polar surface area (TPSA) is 118 Å². The lowest BCUT2D eigenvalue weighted by atomic mass is 10.2. The Morgan fingerprint density at radius 2 is 1.56 bits per heavy atom. The average Bonchev–Trinajstić information content (AvgIpc) is 2.61. The molecule has 144 valence electrons. The molecule has 0 heterocycles. The summed E-state index contributed by atoms with van der Waals surface area (Å²) in [7, 11) is -3.73. The third kappa shape index (κ3) is 7.59. The van der Waals surface area contributed by atoms with Crippen LogP contribution in [0.25, 0.3) is 0 Å². The zero-order chi connectivity index (χ0) is 19.9. The van der Waals surface area contributed by atoms with Gasteiger partial charge in [-0.3, -0.25) is 9.59 Å². The standard InChI is InChI=1S/C17H18ClN3O4S2/c18-13-3-5-14(6-4-13)21-17(23)11-26-10-16(22)20-9-12-1-7-15(8-2-12)27(19,24)25/h1-8H,9-11H2,(H,20,22)(H,21,23)(H2,19,24,25). The number of benzene rings is 2. The van der Waals surface area contributed by atoms with E-state index in [1.54, 1.807) is 36.4 Å². The maximum atomic E-state index is 11.8. The first kappa shape index (κ1) is 21.2. The van der Waals surface area contributed by atoms with E-state index in [1.807, 2.05) is 0 Å². The van der Waals surface area contributed by atoms with E-state index in [4.69, 9.17) is 16.7 Å². The van der Waals surface area contributed by atoms with Gasteiger partial charge >= 0.3 is 0 Å². The van der Waals surface area contributed by atoms with Gasteiger partial charge in [-0.25, -0.2) is 13.6 Å². The van der Waals surface area contributed by atoms with Crippen LogP contribution in [0.4, 0.5) is 5.69 Å². The Morgan fingerprint density at radius 1 is 0.963 bits per heavy atom. The smallest absolute Gasteiger partial charge is 0.238 e. The molecule has 0 saturated carbocycles. The fourth-order valence-corrected chi connectivity index (χ4v) is 3.30. The number of anilines is 1. The molecule has 2 aromatic rings. The molecule has 2 rings (SSSR count). The van der Waals surface area contributed by atoms with Crippen molar-refractivity contribution in [3.8, 4) is 0 Å². The van der Waals surface area contributed by atoms with E-state index in [0.717, 1.165) is 5.56 Å². The van der Waals surface area contributed by atoms with Crippen LogP contribution >= 0.6 is 23.4 Å². The second-order valence-electron chi connectivity index (χ2n) is 5.51. The minimum absolute atomic E-state index is 0.0137. The summed E-state index contributed by atoms with van der Waals surface area (Å²) in [6, 6.07) is 12.6. The van der Waals surface area contributed by atoms with Crippen LogP contribution in [0.1, 0.15) is 5.56 Å². The predicted octanol–water partition coefficient (Wildman–Crippen LogP) is 1.98. The van der Waals surface area contributed by atoms with Gasteiger partial charge in [0.1, 0.15) is 0 Å². The summed E-state index contributed by atoms with van der Waals surface area (Å²) in [6.07, 6.45) is 0. The number of halogens is 1. The molecular formula is C17H18ClN3O4S2. The van der Waals surface area contributed by atoms with Crippen LogP contribution in [0.2, 0.25) is 5.02 Å². The van der Waals surface area contributed by atoms with Gasteiger partial charge in [0.05, 0.1) is 16.4 Å². The molecule has 0 aliphatic rings. The first-order valence-electron chi connectivity index (χ1n) is 7.75. The number of nitrogens with two attached hydrogens (primary N) is 1. The molecule has 0 radical (unpaired) electrons. The van der Waals surface area contributed by atoms with Gasteiger partial charge in [-0.1, -0.05) is 23.7 Å². The molecule has 0 aliphatic carbocycles. The molecule has 0 unspecified atom stereocenters. The molecule has 7 nitrogen and oxygen atoms in total. The van der Waals surface area contributed by atoms with Crippen molar-refractivity contribution in [1.82, 2.24) is 5.32 Å². The molecule has 0 bridgehead atoms. The first-order valence-corrected chi connectivity index (χ1v) is 10.8. The SMILES string of the molecule is NS(=O)(=O)c1ccc(CNC(=O)CSCC(=O)Nc2ccc(Cl)cc2)cc1. The molecule has 27 heavy (non-hydrogen) atoms. The Kier molecular flexibility index (Phi) is 7.66. The number of hydrogen-bond donors (Lipinski definition) is 3. The van der Waals surface area contributed by atoms with Crippen molar-refractivity contribution in [2.24, 2.45) is 5.14 Å². The molecule has 2 amide bonds. The van der Waals surface area contributed by atoms with Gasteiger partial charge < -0.3 is 10.6 Å². The molecular weight excluding hydrogens is 410 g/mol. The van der Waals surface area contributed by atoms with Crippen LogP contribution in [-0.4, -0.2) is 31.7 Å². The predicted molar refractivity (Wildman–Crippen MR) is 107 cm³/mol. The van der Waals surface area contributed by atoms with Crippen molar-refractivity contribution in [2.45, 2.75) is 11.4 Å². The van der Waals surface area contributed by atoms with Crippen LogP contribution in [0, 0.1) is 0 Å². The molecule has 2 aromatic carbocycles. The van der Waals surface area contributed by atoms with Gasteiger partial charge in [-0.15, -0.1) is 11.8 Å². The maximum Gasteiger partial charge on any atom is 0.238 e. The number of amides is 2. The van der Waals surface area contributed by atoms with Crippen molar-refractivity contribution < 1.29 is 18.0 Å². The monoisotopic (exact) mass is 427 g/mol. The second-order valence-corrected chi connectivity index (χ2v) is 8.50. The van der Waals surface area contributed by atoms with E-state index < -0.39 is 10.0 Å². The largest absolute Gasteiger partial charge is 0.351 e. The van der Waals surface area contributed by atoms with Crippen LogP contribution in [0.5, 0.6) is 0 Å². The number of hydrogen-bond acceptors (Lipinski definition) is 5. The highest BCUT2D eigenvalue weighted by atomic mass is 35.5. The molecule has 0 spiro atoms. The van der Waals surface area contributed by atoms with Gasteiger partial charge in [0.25, 0.3) is 0 Å². The molecule has 0 fully saturated rings. The number of sulfonamides is 1. The molecule has 4 N–H and O–H groups in total. The Hall–Kier alpha value is -2.07. The van der Waals surface area contributed by atoms with Crippen LogP contribution in [0.3, 0.4) is 0 Å². The van der Waals surface area contributed by atoms with E-state index in [1.165, 1.54) is 23.9 Å². The number of carbonyl (C=O) groups excluding carboxylic acids is 2. The minimum Gasteiger partial charge on any atom is -0.351 e. The third-order valence-electron chi connectivity index (χ3n) is 3.34. The fourth-order valence-electron chi connectivity index (χ4n) is 2.02. The number of thioether (sulfide) groups is 1. The molecule has 0 aromatic heterocycles. The van der Waals surface area contributed by atoms with E-state index in [-0.39, 0.29) is 34.8 Å². The molecule has 0 atom stereocenters. The Balaban J connectivity index is 1.68. The van der Waals surface area contributed by atoms with Gasteiger partial charge in [0.15, 0.2) is 0 Å². The van der Waals surface area contributed by atoms with Crippen LogP contribution in [-0.2, 0) is 26.2 Å². The Morgan fingerprint density at radius 3 is 2.15 bits per heavy atom. The Bertz CT molecular complexity index is 901. The second kappa shape index (κ2) is 9.75. The average molecular weight is 428 g/mol. The summed E-state index contributed by atoms with van der Waals surface area (Å²) >= 11 is 6.96. The third-order valence-corrected chi connectivity index (χ3v) is 5.45. The van der Waals surface area contributed by atoms with E-state index in [2.05, 4.69) is 10.6 Å². The van der Waals surface area contributed by atoms with Gasteiger partial charge in [-0.05, 0) is 42.0 Å². The lowest BCUT2D eigenvalue weighted by Gasteiger charge is -2.07. The van der Waals surface area contributed by atoms with Crippen molar-refractivity contribution in [3.63, 3.8) is 0 Å². The van der Waals surface area contributed by atoms with Crippen molar-refractivity contribution in [3.05, 3.63) is 59.1 Å². The summed E-state index contributed by atoms with van der Waals surface area (Å²) < 4.78 is 22.4. The van der Waals surface area contributed by atoms with Crippen molar-refractivity contribution in [2.75, 3.05) is 16.8 Å². The fraction of sp³-hybridized carbons (Fsp3) is 0.176. The lowest BCUT2D eigenvalue weighted by molar-refractivity contribution is -0.118. The van der Waals surface area contributed by atoms with Crippen LogP contribution in [0.15, 0.2) is 53.4 Å². The lowest BCUT2D eigenvalue weighted by Crippen LogP contribution is -2.25. The molecule has 0 saturated heterocycles. The van der Waals surface area contributed by atoms with E-state index >= 15 is 0 Å². The zero-order valence-corrected chi connectivity index (χ0v) is 16.5. The minimum atomic E-state index is -3.73. The normalized spacial score (nSPS) is 11.0. The summed E-state index contributed by atoms with van der Waals surface area (Å²) in [6.45, 7) is 0.251. The highest BCUT2D eigenvalue weighted by molar-refractivity contribution is 8.00. The Labute approximate surface area is 166 Å². The number of carbonyl (C=O) groups is 2. The first-order chi connectivity index (χ1) is 12.7. The molecule has 0 aliphatic heterocycles. The summed E-state index contributed by atoms with van der Waals surface area (Å²) in [4.78, 5) is 23.7. The van der Waals surface area contributed by atoms with Gasteiger partial charge in [0.2, 0.25) is 21.8 Å². The summed E-state index contributed by atoms with van der Waals surface area (Å²) in [5, 5.41) is 11.0. The number of primary sulfonamides is 1. The maximum absolute atomic E-state index is 11.8. The van der Waals surface area contributed by atoms with E-state index in [0.29, 0.717) is 10.7 Å². The number of nitrogens with one attached hydrogen (secondary N) is 2. The quantitative estimate of drug-likeness (QED) is 0.595. The summed E-state index contributed by atoms with van der Waals surface area (Å²) in [5.41, 5.74) is 1.37. The van der Waals surface area contributed by atoms with Crippen molar-refractivity contribution >= 4 is 50.9 Å². The highest BCUT2D eigenvalue weighted by Crippen LogP contribution is 2.14. The van der Waals surface area contributed by atoms with Crippen LogP contribution < -0.4 is 15.8 Å². The van der Waals surface area contributed by atoms with E-state index in [9.17, 15) is 18.0 Å². The number of rotatable bonds is 8. The summed E-state index contributed by atoms with van der Waals surface area (Å²) in [5.74, 6) is -0.175. The molecule has 10 heteroatoms.